The number of esters is 1. The second-order valence-corrected chi connectivity index (χ2v) is 6.98. The maximum Gasteiger partial charge on any atom is 0.328 e. The van der Waals surface area contributed by atoms with E-state index in [1.165, 1.54) is 14.0 Å². The summed E-state index contributed by atoms with van der Waals surface area (Å²) >= 11 is 0. The summed E-state index contributed by atoms with van der Waals surface area (Å²) in [4.78, 5) is 35.5. The number of methoxy groups -OCH3 is 1. The highest BCUT2D eigenvalue weighted by Gasteiger charge is 2.43. The highest BCUT2D eigenvalue weighted by Crippen LogP contribution is 2.24. The first-order chi connectivity index (χ1) is 8.66. The van der Waals surface area contributed by atoms with E-state index in [0.717, 1.165) is 11.2 Å². The largest absolute Gasteiger partial charge is 0.467 e. The zero-order valence-corrected chi connectivity index (χ0v) is 11.9. The van der Waals surface area contributed by atoms with Crippen LogP contribution >= 0.6 is 0 Å². The molecule has 0 saturated carbocycles. The van der Waals surface area contributed by atoms with E-state index in [2.05, 4.69) is 4.74 Å². The standard InChI is InChI=1S/C11H17NO6S/c1-7(13)4-10(14)12-6-8(19(3,16)17)5-9(12)11(15)18-2/h8-9H,4-6H2,1-3H3/t8-,9?/m1/s1. The molecule has 1 saturated heterocycles. The minimum atomic E-state index is -3.36. The minimum absolute atomic E-state index is 0.00908. The molecule has 0 aromatic heterocycles. The third-order valence-electron chi connectivity index (χ3n) is 3.06. The summed E-state index contributed by atoms with van der Waals surface area (Å²) in [5.41, 5.74) is 0. The number of amides is 1. The van der Waals surface area contributed by atoms with E-state index in [9.17, 15) is 22.8 Å². The third kappa shape index (κ3) is 3.76. The summed E-state index contributed by atoms with van der Waals surface area (Å²) < 4.78 is 27.6. The molecule has 0 spiro atoms. The number of carbonyl (C=O) groups excluding carboxylic acids is 3. The van der Waals surface area contributed by atoms with E-state index >= 15 is 0 Å². The summed E-state index contributed by atoms with van der Waals surface area (Å²) in [5, 5.41) is -0.799. The quantitative estimate of drug-likeness (QED) is 0.494. The van der Waals surface area contributed by atoms with Crippen molar-refractivity contribution in [2.75, 3.05) is 19.9 Å². The van der Waals surface area contributed by atoms with Crippen molar-refractivity contribution in [3.8, 4) is 0 Å². The van der Waals surface area contributed by atoms with Crippen LogP contribution < -0.4 is 0 Å². The van der Waals surface area contributed by atoms with E-state index in [1.54, 1.807) is 0 Å². The van der Waals surface area contributed by atoms with Gasteiger partial charge in [-0.05, 0) is 13.3 Å². The molecular formula is C11H17NO6S. The number of likely N-dealkylation sites (tertiary alicyclic amines) is 1. The Labute approximate surface area is 111 Å². The van der Waals surface area contributed by atoms with Crippen molar-refractivity contribution in [3.05, 3.63) is 0 Å². The van der Waals surface area contributed by atoms with E-state index in [1.807, 2.05) is 0 Å². The summed E-state index contributed by atoms with van der Waals surface area (Å²) in [6.45, 7) is 1.18. The molecule has 1 aliphatic rings. The molecule has 1 fully saturated rings. The number of Topliss-reactive ketones (excluding diaryl/α,β-unsaturated/α-hetero) is 1. The first-order valence-corrected chi connectivity index (χ1v) is 7.68. The molecule has 1 amide bonds. The van der Waals surface area contributed by atoms with Gasteiger partial charge in [-0.2, -0.15) is 0 Å². The first kappa shape index (κ1) is 15.6. The van der Waals surface area contributed by atoms with Gasteiger partial charge in [0.25, 0.3) is 0 Å². The van der Waals surface area contributed by atoms with Crippen molar-refractivity contribution in [1.29, 1.82) is 0 Å². The Morgan fingerprint density at radius 3 is 2.32 bits per heavy atom. The van der Waals surface area contributed by atoms with Gasteiger partial charge >= 0.3 is 5.97 Å². The molecular weight excluding hydrogens is 274 g/mol. The van der Waals surface area contributed by atoms with Crippen LogP contribution in [-0.2, 0) is 29.0 Å². The summed E-state index contributed by atoms with van der Waals surface area (Å²) in [5.74, 6) is -1.55. The second-order valence-electron chi connectivity index (χ2n) is 4.65. The molecule has 2 atom stereocenters. The fraction of sp³-hybridized carbons (Fsp3) is 0.727. The van der Waals surface area contributed by atoms with Crippen molar-refractivity contribution in [1.82, 2.24) is 4.90 Å². The first-order valence-electron chi connectivity index (χ1n) is 5.72. The van der Waals surface area contributed by atoms with Gasteiger partial charge in [0, 0.05) is 12.8 Å². The Morgan fingerprint density at radius 1 is 1.32 bits per heavy atom. The lowest BCUT2D eigenvalue weighted by Crippen LogP contribution is -2.41. The molecule has 0 aromatic carbocycles. The number of hydrogen-bond acceptors (Lipinski definition) is 6. The van der Waals surface area contributed by atoms with Gasteiger partial charge in [0.15, 0.2) is 9.84 Å². The zero-order valence-electron chi connectivity index (χ0n) is 11.1. The zero-order chi connectivity index (χ0) is 14.8. The van der Waals surface area contributed by atoms with Gasteiger partial charge in [0.05, 0.1) is 18.8 Å². The molecule has 19 heavy (non-hydrogen) atoms. The lowest BCUT2D eigenvalue weighted by molar-refractivity contribution is -0.151. The fourth-order valence-electron chi connectivity index (χ4n) is 2.06. The lowest BCUT2D eigenvalue weighted by Gasteiger charge is -2.21. The van der Waals surface area contributed by atoms with Crippen molar-refractivity contribution in [2.45, 2.75) is 31.1 Å². The molecule has 0 radical (unpaired) electrons. The maximum atomic E-state index is 11.9. The number of ketones is 1. The molecule has 108 valence electrons. The van der Waals surface area contributed by atoms with Gasteiger partial charge in [-0.15, -0.1) is 0 Å². The number of rotatable bonds is 4. The van der Waals surface area contributed by atoms with Crippen molar-refractivity contribution in [3.63, 3.8) is 0 Å². The lowest BCUT2D eigenvalue weighted by atomic mass is 10.2. The third-order valence-corrected chi connectivity index (χ3v) is 4.61. The topological polar surface area (TPSA) is 97.8 Å². The van der Waals surface area contributed by atoms with Crippen LogP contribution in [0.5, 0.6) is 0 Å². The highest BCUT2D eigenvalue weighted by molar-refractivity contribution is 7.91. The van der Waals surface area contributed by atoms with Gasteiger partial charge in [-0.25, -0.2) is 13.2 Å². The van der Waals surface area contributed by atoms with Gasteiger partial charge in [-0.1, -0.05) is 0 Å². The van der Waals surface area contributed by atoms with Gasteiger partial charge in [0.1, 0.15) is 11.8 Å². The highest BCUT2D eigenvalue weighted by atomic mass is 32.2. The molecule has 7 nitrogen and oxygen atoms in total. The molecule has 1 unspecified atom stereocenters. The monoisotopic (exact) mass is 291 g/mol. The SMILES string of the molecule is COC(=O)C1C[C@@H](S(C)(=O)=O)CN1C(=O)CC(C)=O. The average molecular weight is 291 g/mol. The van der Waals surface area contributed by atoms with Crippen LogP contribution in [0.2, 0.25) is 0 Å². The molecule has 0 bridgehead atoms. The Balaban J connectivity index is 2.95. The molecule has 1 heterocycles. The predicted octanol–water partition coefficient (Wildman–Crippen LogP) is -0.847. The Hall–Kier alpha value is -1.44. The Morgan fingerprint density at radius 2 is 1.89 bits per heavy atom. The van der Waals surface area contributed by atoms with Crippen molar-refractivity contribution < 1.29 is 27.5 Å². The smallest absolute Gasteiger partial charge is 0.328 e. The van der Waals surface area contributed by atoms with Crippen LogP contribution in [0, 0.1) is 0 Å². The molecule has 8 heteroatoms. The Kier molecular flexibility index (Phi) is 4.67. The van der Waals surface area contributed by atoms with Gasteiger partial charge in [0.2, 0.25) is 5.91 Å². The summed E-state index contributed by atoms with van der Waals surface area (Å²) in [6, 6.07) is -0.934. The number of sulfone groups is 1. The average Bonchev–Trinajstić information content (AvgIpc) is 2.71. The van der Waals surface area contributed by atoms with E-state index < -0.39 is 33.0 Å². The van der Waals surface area contributed by atoms with E-state index in [-0.39, 0.29) is 25.2 Å². The van der Waals surface area contributed by atoms with Crippen LogP contribution in [0.15, 0.2) is 0 Å². The second kappa shape index (κ2) is 5.68. The van der Waals surface area contributed by atoms with Crippen LogP contribution in [0.3, 0.4) is 0 Å². The van der Waals surface area contributed by atoms with Crippen molar-refractivity contribution in [2.24, 2.45) is 0 Å². The van der Waals surface area contributed by atoms with E-state index in [4.69, 9.17) is 0 Å². The fourth-order valence-corrected chi connectivity index (χ4v) is 3.02. The molecule has 0 aliphatic carbocycles. The molecule has 0 N–H and O–H groups in total. The van der Waals surface area contributed by atoms with Crippen LogP contribution in [0.1, 0.15) is 19.8 Å². The predicted molar refractivity (Wildman–Crippen MR) is 66.1 cm³/mol. The normalized spacial score (nSPS) is 23.2. The van der Waals surface area contributed by atoms with Crippen molar-refractivity contribution >= 4 is 27.5 Å². The molecule has 1 rings (SSSR count). The number of ether oxygens (including phenoxy) is 1. The van der Waals surface area contributed by atoms with Gasteiger partial charge < -0.3 is 9.64 Å². The number of hydrogen-bond donors (Lipinski definition) is 0. The Bertz CT molecular complexity index is 497. The maximum absolute atomic E-state index is 11.9. The summed E-state index contributed by atoms with van der Waals surface area (Å²) in [7, 11) is -2.19. The summed E-state index contributed by atoms with van der Waals surface area (Å²) in [6.07, 6.45) is 0.726. The number of nitrogens with zero attached hydrogens (tertiary/aromatic N) is 1. The van der Waals surface area contributed by atoms with Crippen LogP contribution in [-0.4, -0.2) is 62.2 Å². The van der Waals surface area contributed by atoms with Crippen LogP contribution in [0.4, 0.5) is 0 Å². The number of carbonyl (C=O) groups is 3. The molecule has 1 aliphatic heterocycles. The minimum Gasteiger partial charge on any atom is -0.467 e. The van der Waals surface area contributed by atoms with E-state index in [0.29, 0.717) is 0 Å². The van der Waals surface area contributed by atoms with Crippen LogP contribution in [0.25, 0.3) is 0 Å². The van der Waals surface area contributed by atoms with Gasteiger partial charge in [-0.3, -0.25) is 9.59 Å². The molecule has 0 aromatic rings.